The predicted molar refractivity (Wildman–Crippen MR) is 90.3 cm³/mol. The Hall–Kier alpha value is -1.66. The summed E-state index contributed by atoms with van der Waals surface area (Å²) in [7, 11) is 1.80. The van der Waals surface area contributed by atoms with Gasteiger partial charge in [-0.2, -0.15) is 0 Å². The third-order valence-corrected chi connectivity index (χ3v) is 4.55. The second kappa shape index (κ2) is 8.26. The second-order valence-corrected chi connectivity index (χ2v) is 6.24. The average molecular weight is 320 g/mol. The molecule has 0 radical (unpaired) electrons. The number of carbonyl (C=O) groups excluding carboxylic acids is 1. The molecule has 1 aliphatic rings. The van der Waals surface area contributed by atoms with Crippen LogP contribution >= 0.6 is 0 Å². The summed E-state index contributed by atoms with van der Waals surface area (Å²) in [6, 6.07) is 6.29. The zero-order valence-electron chi connectivity index (χ0n) is 14.5. The zero-order chi connectivity index (χ0) is 16.8. The molecule has 1 aliphatic heterocycles. The zero-order valence-corrected chi connectivity index (χ0v) is 14.5. The molecule has 0 aromatic carbocycles. The molecule has 1 saturated heterocycles. The summed E-state index contributed by atoms with van der Waals surface area (Å²) in [5, 5.41) is 3.03. The van der Waals surface area contributed by atoms with Gasteiger partial charge in [0.25, 0.3) is 0 Å². The minimum absolute atomic E-state index is 0.0613. The number of urea groups is 1. The number of nitrogens with one attached hydrogen (secondary N) is 1. The van der Waals surface area contributed by atoms with Gasteiger partial charge >= 0.3 is 6.03 Å². The Bertz CT molecular complexity index is 497. The van der Waals surface area contributed by atoms with Crippen LogP contribution in [-0.2, 0) is 4.74 Å². The first kappa shape index (κ1) is 17.7. The molecule has 1 aromatic rings. The standard InChI is InChI=1S/C17H28N4O2/c1-13(21-9-10-23-12-14(21)2)11-19-17(22)20(4)15(3)16-7-5-6-8-18-16/h5-8,13-15H,9-12H2,1-4H3,(H,19,22)/t13-,14+,15+/m0/s1. The highest BCUT2D eigenvalue weighted by Crippen LogP contribution is 2.16. The van der Waals surface area contributed by atoms with Crippen molar-refractivity contribution in [2.45, 2.75) is 38.9 Å². The summed E-state index contributed by atoms with van der Waals surface area (Å²) in [5.41, 5.74) is 0.889. The third-order valence-electron chi connectivity index (χ3n) is 4.55. The van der Waals surface area contributed by atoms with Crippen LogP contribution < -0.4 is 5.32 Å². The molecule has 2 amide bonds. The first-order valence-electron chi connectivity index (χ1n) is 8.25. The van der Waals surface area contributed by atoms with Gasteiger partial charge in [-0.05, 0) is 32.9 Å². The molecule has 23 heavy (non-hydrogen) atoms. The van der Waals surface area contributed by atoms with Crippen LogP contribution in [0.5, 0.6) is 0 Å². The van der Waals surface area contributed by atoms with Gasteiger partial charge in [0, 0.05) is 38.4 Å². The fraction of sp³-hybridized carbons (Fsp3) is 0.647. The van der Waals surface area contributed by atoms with E-state index in [0.29, 0.717) is 12.6 Å². The van der Waals surface area contributed by atoms with Crippen molar-refractivity contribution in [3.05, 3.63) is 30.1 Å². The molecule has 3 atom stereocenters. The lowest BCUT2D eigenvalue weighted by molar-refractivity contribution is -0.0178. The van der Waals surface area contributed by atoms with Crippen molar-refractivity contribution in [1.82, 2.24) is 20.1 Å². The molecule has 1 aromatic heterocycles. The van der Waals surface area contributed by atoms with E-state index < -0.39 is 0 Å². The number of pyridine rings is 1. The van der Waals surface area contributed by atoms with Crippen molar-refractivity contribution in [3.63, 3.8) is 0 Å². The van der Waals surface area contributed by atoms with Gasteiger partial charge in [-0.3, -0.25) is 9.88 Å². The Labute approximate surface area is 138 Å². The molecule has 0 aliphatic carbocycles. The summed E-state index contributed by atoms with van der Waals surface area (Å²) in [6.45, 7) is 9.35. The largest absolute Gasteiger partial charge is 0.379 e. The molecular weight excluding hydrogens is 292 g/mol. The first-order chi connectivity index (χ1) is 11.0. The highest BCUT2D eigenvalue weighted by molar-refractivity contribution is 5.74. The number of amides is 2. The average Bonchev–Trinajstić information content (AvgIpc) is 2.59. The van der Waals surface area contributed by atoms with E-state index in [0.717, 1.165) is 25.5 Å². The predicted octanol–water partition coefficient (Wildman–Crippen LogP) is 1.89. The second-order valence-electron chi connectivity index (χ2n) is 6.24. The van der Waals surface area contributed by atoms with Crippen LogP contribution in [0.4, 0.5) is 4.79 Å². The number of ether oxygens (including phenoxy) is 1. The molecule has 128 valence electrons. The van der Waals surface area contributed by atoms with E-state index in [-0.39, 0.29) is 18.1 Å². The van der Waals surface area contributed by atoms with Gasteiger partial charge in [-0.15, -0.1) is 0 Å². The fourth-order valence-electron chi connectivity index (χ4n) is 2.87. The topological polar surface area (TPSA) is 57.7 Å². The summed E-state index contributed by atoms with van der Waals surface area (Å²) in [6.07, 6.45) is 1.75. The molecule has 1 N–H and O–H groups in total. The Morgan fingerprint density at radius 2 is 2.30 bits per heavy atom. The van der Waals surface area contributed by atoms with Gasteiger partial charge < -0.3 is 15.0 Å². The maximum absolute atomic E-state index is 12.4. The molecule has 0 bridgehead atoms. The number of rotatable bonds is 5. The van der Waals surface area contributed by atoms with Crippen molar-refractivity contribution in [2.24, 2.45) is 0 Å². The van der Waals surface area contributed by atoms with Crippen molar-refractivity contribution in [1.29, 1.82) is 0 Å². The van der Waals surface area contributed by atoms with Crippen LogP contribution in [0.2, 0.25) is 0 Å². The molecule has 2 rings (SSSR count). The van der Waals surface area contributed by atoms with E-state index in [1.807, 2.05) is 25.1 Å². The maximum atomic E-state index is 12.4. The molecule has 2 heterocycles. The van der Waals surface area contributed by atoms with E-state index in [1.165, 1.54) is 0 Å². The number of nitrogens with zero attached hydrogens (tertiary/aromatic N) is 3. The van der Waals surface area contributed by atoms with Crippen LogP contribution in [0.25, 0.3) is 0 Å². The first-order valence-corrected chi connectivity index (χ1v) is 8.25. The van der Waals surface area contributed by atoms with Gasteiger partial charge in [0.2, 0.25) is 0 Å². The number of morpholine rings is 1. The summed E-state index contributed by atoms with van der Waals surface area (Å²) >= 11 is 0. The molecule has 6 nitrogen and oxygen atoms in total. The monoisotopic (exact) mass is 320 g/mol. The number of hydrogen-bond acceptors (Lipinski definition) is 4. The number of hydrogen-bond donors (Lipinski definition) is 1. The normalized spacial score (nSPS) is 21.5. The van der Waals surface area contributed by atoms with Crippen LogP contribution in [-0.4, -0.2) is 66.2 Å². The summed E-state index contributed by atoms with van der Waals surface area (Å²) < 4.78 is 5.46. The molecule has 1 fully saturated rings. The van der Waals surface area contributed by atoms with E-state index in [1.54, 1.807) is 18.1 Å². The van der Waals surface area contributed by atoms with E-state index in [4.69, 9.17) is 4.74 Å². The van der Waals surface area contributed by atoms with Crippen molar-refractivity contribution in [2.75, 3.05) is 33.4 Å². The molecule has 0 unspecified atom stereocenters. The van der Waals surface area contributed by atoms with Gasteiger partial charge in [-0.25, -0.2) is 4.79 Å². The Morgan fingerprint density at radius 3 is 2.96 bits per heavy atom. The Morgan fingerprint density at radius 1 is 1.52 bits per heavy atom. The Balaban J connectivity index is 1.84. The van der Waals surface area contributed by atoms with E-state index in [2.05, 4.69) is 29.0 Å². The summed E-state index contributed by atoms with van der Waals surface area (Å²) in [5.74, 6) is 0. The van der Waals surface area contributed by atoms with E-state index >= 15 is 0 Å². The van der Waals surface area contributed by atoms with Crippen LogP contribution in [0.15, 0.2) is 24.4 Å². The number of carbonyl (C=O) groups is 1. The molecule has 0 spiro atoms. The lowest BCUT2D eigenvalue weighted by Crippen LogP contribution is -2.53. The maximum Gasteiger partial charge on any atom is 0.317 e. The number of aromatic nitrogens is 1. The van der Waals surface area contributed by atoms with Gasteiger partial charge in [-0.1, -0.05) is 6.07 Å². The highest BCUT2D eigenvalue weighted by Gasteiger charge is 2.25. The molecular formula is C17H28N4O2. The van der Waals surface area contributed by atoms with Crippen molar-refractivity contribution in [3.8, 4) is 0 Å². The van der Waals surface area contributed by atoms with Gasteiger partial charge in [0.15, 0.2) is 0 Å². The molecule has 6 heteroatoms. The fourth-order valence-corrected chi connectivity index (χ4v) is 2.87. The van der Waals surface area contributed by atoms with Crippen molar-refractivity contribution < 1.29 is 9.53 Å². The minimum atomic E-state index is -0.0732. The van der Waals surface area contributed by atoms with Crippen LogP contribution in [0.3, 0.4) is 0 Å². The summed E-state index contributed by atoms with van der Waals surface area (Å²) in [4.78, 5) is 20.8. The van der Waals surface area contributed by atoms with Gasteiger partial charge in [0.1, 0.15) is 0 Å². The van der Waals surface area contributed by atoms with Gasteiger partial charge in [0.05, 0.1) is 24.9 Å². The lowest BCUT2D eigenvalue weighted by Gasteiger charge is -2.38. The molecule has 0 saturated carbocycles. The van der Waals surface area contributed by atoms with Crippen molar-refractivity contribution >= 4 is 6.03 Å². The SMILES string of the molecule is C[C@H](c1ccccn1)N(C)C(=O)NC[C@H](C)N1CCOC[C@H]1C. The quantitative estimate of drug-likeness (QED) is 0.900. The highest BCUT2D eigenvalue weighted by atomic mass is 16.5. The van der Waals surface area contributed by atoms with E-state index in [9.17, 15) is 4.79 Å². The minimum Gasteiger partial charge on any atom is -0.379 e. The smallest absolute Gasteiger partial charge is 0.317 e. The van der Waals surface area contributed by atoms with Crippen LogP contribution in [0.1, 0.15) is 32.5 Å². The Kier molecular flexibility index (Phi) is 6.36. The van der Waals surface area contributed by atoms with Crippen LogP contribution in [0, 0.1) is 0 Å². The third kappa shape index (κ3) is 4.65. The lowest BCUT2D eigenvalue weighted by atomic mass is 10.2.